The van der Waals surface area contributed by atoms with Crippen LogP contribution in [0.4, 0.5) is 0 Å². The van der Waals surface area contributed by atoms with Gasteiger partial charge < -0.3 is 5.73 Å². The van der Waals surface area contributed by atoms with Crippen LogP contribution in [0.15, 0.2) is 22.7 Å². The fourth-order valence-corrected chi connectivity index (χ4v) is 2.89. The van der Waals surface area contributed by atoms with Crippen LogP contribution in [0.3, 0.4) is 0 Å². The Morgan fingerprint density at radius 2 is 2.11 bits per heavy atom. The second-order valence-electron chi connectivity index (χ2n) is 4.74. The second-order valence-corrected chi connectivity index (χ2v) is 5.96. The fraction of sp³-hybridized carbons (Fsp3) is 0.357. The number of aryl methyl sites for hydroxylation is 2. The molecular formula is C14H17BrClN3. The molecule has 0 fully saturated rings. The highest BCUT2D eigenvalue weighted by Crippen LogP contribution is 2.28. The molecule has 0 radical (unpaired) electrons. The van der Waals surface area contributed by atoms with Crippen LogP contribution in [-0.4, -0.2) is 9.78 Å². The summed E-state index contributed by atoms with van der Waals surface area (Å²) in [6.45, 7) is 4.03. The number of nitrogens with two attached hydrogens (primary N) is 1. The number of rotatable bonds is 3. The van der Waals surface area contributed by atoms with E-state index in [0.717, 1.165) is 21.3 Å². The smallest absolute Gasteiger partial charge is 0.130 e. The van der Waals surface area contributed by atoms with Crippen LogP contribution < -0.4 is 5.73 Å². The maximum absolute atomic E-state index is 6.33. The van der Waals surface area contributed by atoms with Gasteiger partial charge in [0.2, 0.25) is 0 Å². The second kappa shape index (κ2) is 5.65. The van der Waals surface area contributed by atoms with Crippen LogP contribution in [0.5, 0.6) is 0 Å². The number of nitrogens with zero attached hydrogens (tertiary/aromatic N) is 2. The molecular weight excluding hydrogens is 326 g/mol. The number of benzene rings is 1. The summed E-state index contributed by atoms with van der Waals surface area (Å²) < 4.78 is 2.77. The van der Waals surface area contributed by atoms with E-state index in [2.05, 4.69) is 34.0 Å². The molecule has 5 heteroatoms. The Bertz CT molecular complexity index is 607. The van der Waals surface area contributed by atoms with Gasteiger partial charge in [-0.05, 0) is 37.5 Å². The zero-order valence-electron chi connectivity index (χ0n) is 11.2. The van der Waals surface area contributed by atoms with Gasteiger partial charge in [0.15, 0.2) is 0 Å². The lowest BCUT2D eigenvalue weighted by atomic mass is 9.96. The van der Waals surface area contributed by atoms with E-state index < -0.39 is 0 Å². The molecule has 1 aromatic heterocycles. The minimum Gasteiger partial charge on any atom is -0.324 e. The SMILES string of the molecule is Cc1nn(C)c(Cl)c1CC(N)c1cccc(Br)c1C. The van der Waals surface area contributed by atoms with Crippen molar-refractivity contribution >= 4 is 27.5 Å². The molecule has 0 aliphatic carbocycles. The first-order chi connectivity index (χ1) is 8.91. The largest absolute Gasteiger partial charge is 0.324 e. The number of halogens is 2. The molecule has 0 saturated carbocycles. The Hall–Kier alpha value is -0.840. The van der Waals surface area contributed by atoms with Crippen molar-refractivity contribution in [2.75, 3.05) is 0 Å². The monoisotopic (exact) mass is 341 g/mol. The lowest BCUT2D eigenvalue weighted by Crippen LogP contribution is -2.15. The molecule has 2 N–H and O–H groups in total. The van der Waals surface area contributed by atoms with Gasteiger partial charge in [0.05, 0.1) is 5.69 Å². The topological polar surface area (TPSA) is 43.8 Å². The number of hydrogen-bond acceptors (Lipinski definition) is 2. The Balaban J connectivity index is 2.31. The van der Waals surface area contributed by atoms with Gasteiger partial charge >= 0.3 is 0 Å². The summed E-state index contributed by atoms with van der Waals surface area (Å²) in [5.74, 6) is 0. The first kappa shape index (κ1) is 14.6. The Labute approximate surface area is 126 Å². The van der Waals surface area contributed by atoms with Crippen molar-refractivity contribution in [3.05, 3.63) is 50.2 Å². The normalized spacial score (nSPS) is 12.7. The van der Waals surface area contributed by atoms with Gasteiger partial charge in [-0.2, -0.15) is 5.10 Å². The summed E-state index contributed by atoms with van der Waals surface area (Å²) in [6.07, 6.45) is 0.690. The Morgan fingerprint density at radius 1 is 1.42 bits per heavy atom. The molecule has 0 bridgehead atoms. The van der Waals surface area contributed by atoms with E-state index in [9.17, 15) is 0 Å². The fourth-order valence-electron chi connectivity index (χ4n) is 2.26. The predicted molar refractivity (Wildman–Crippen MR) is 82.5 cm³/mol. The van der Waals surface area contributed by atoms with Crippen molar-refractivity contribution in [1.29, 1.82) is 0 Å². The van der Waals surface area contributed by atoms with Gasteiger partial charge in [0.25, 0.3) is 0 Å². The summed E-state index contributed by atoms with van der Waals surface area (Å²) in [7, 11) is 1.84. The first-order valence-corrected chi connectivity index (χ1v) is 7.27. The van der Waals surface area contributed by atoms with Gasteiger partial charge in [-0.3, -0.25) is 4.68 Å². The molecule has 2 rings (SSSR count). The summed E-state index contributed by atoms with van der Waals surface area (Å²) >= 11 is 9.79. The molecule has 2 aromatic rings. The first-order valence-electron chi connectivity index (χ1n) is 6.10. The van der Waals surface area contributed by atoms with Crippen molar-refractivity contribution in [3.8, 4) is 0 Å². The summed E-state index contributed by atoms with van der Waals surface area (Å²) in [4.78, 5) is 0. The highest BCUT2D eigenvalue weighted by atomic mass is 79.9. The average Bonchev–Trinajstić information content (AvgIpc) is 2.59. The van der Waals surface area contributed by atoms with Crippen molar-refractivity contribution in [3.63, 3.8) is 0 Å². The van der Waals surface area contributed by atoms with E-state index in [1.807, 2.05) is 26.1 Å². The molecule has 1 unspecified atom stereocenters. The van der Waals surface area contributed by atoms with Crippen LogP contribution in [0.1, 0.15) is 28.4 Å². The third kappa shape index (κ3) is 2.86. The maximum atomic E-state index is 6.33. The van der Waals surface area contributed by atoms with Crippen LogP contribution in [0, 0.1) is 13.8 Å². The standard InChI is InChI=1S/C14H17BrClN3/c1-8-10(5-4-6-12(8)15)13(17)7-11-9(2)18-19(3)14(11)16/h4-6,13H,7,17H2,1-3H3. The third-order valence-corrected chi connectivity index (χ3v) is 4.73. The Kier molecular flexibility index (Phi) is 4.33. The van der Waals surface area contributed by atoms with Gasteiger partial charge in [0.1, 0.15) is 5.15 Å². The van der Waals surface area contributed by atoms with Gasteiger partial charge in [0, 0.05) is 23.1 Å². The van der Waals surface area contributed by atoms with Gasteiger partial charge in [-0.1, -0.05) is 39.7 Å². The van der Waals surface area contributed by atoms with Crippen molar-refractivity contribution in [2.45, 2.75) is 26.3 Å². The van der Waals surface area contributed by atoms with E-state index in [1.165, 1.54) is 5.56 Å². The van der Waals surface area contributed by atoms with E-state index >= 15 is 0 Å². The lowest BCUT2D eigenvalue weighted by molar-refractivity contribution is 0.712. The maximum Gasteiger partial charge on any atom is 0.130 e. The van der Waals surface area contributed by atoms with Crippen LogP contribution >= 0.6 is 27.5 Å². The Morgan fingerprint density at radius 3 is 2.68 bits per heavy atom. The van der Waals surface area contributed by atoms with Crippen molar-refractivity contribution < 1.29 is 0 Å². The molecule has 0 aliphatic rings. The van der Waals surface area contributed by atoms with Crippen LogP contribution in [0.25, 0.3) is 0 Å². The van der Waals surface area contributed by atoms with Crippen LogP contribution in [-0.2, 0) is 13.5 Å². The summed E-state index contributed by atoms with van der Waals surface area (Å²) in [5.41, 5.74) is 10.6. The molecule has 1 aromatic carbocycles. The highest BCUT2D eigenvalue weighted by Gasteiger charge is 2.17. The van der Waals surface area contributed by atoms with E-state index in [4.69, 9.17) is 17.3 Å². The molecule has 0 amide bonds. The summed E-state index contributed by atoms with van der Waals surface area (Å²) in [6, 6.07) is 6.00. The summed E-state index contributed by atoms with van der Waals surface area (Å²) in [5, 5.41) is 4.98. The number of aromatic nitrogens is 2. The van der Waals surface area contributed by atoms with Crippen LogP contribution in [0.2, 0.25) is 5.15 Å². The molecule has 0 saturated heterocycles. The predicted octanol–water partition coefficient (Wildman–Crippen LogP) is 3.70. The van der Waals surface area contributed by atoms with Crippen molar-refractivity contribution in [2.24, 2.45) is 12.8 Å². The molecule has 1 heterocycles. The van der Waals surface area contributed by atoms with Crippen molar-refractivity contribution in [1.82, 2.24) is 9.78 Å². The third-order valence-electron chi connectivity index (χ3n) is 3.40. The van der Waals surface area contributed by atoms with Gasteiger partial charge in [-0.15, -0.1) is 0 Å². The quantitative estimate of drug-likeness (QED) is 0.924. The minimum absolute atomic E-state index is 0.0853. The number of hydrogen-bond donors (Lipinski definition) is 1. The molecule has 102 valence electrons. The van der Waals surface area contributed by atoms with E-state index in [1.54, 1.807) is 4.68 Å². The molecule has 0 spiro atoms. The lowest BCUT2D eigenvalue weighted by Gasteiger charge is -2.15. The average molecular weight is 343 g/mol. The molecule has 1 atom stereocenters. The van der Waals surface area contributed by atoms with Gasteiger partial charge in [-0.25, -0.2) is 0 Å². The molecule has 3 nitrogen and oxygen atoms in total. The molecule has 19 heavy (non-hydrogen) atoms. The minimum atomic E-state index is -0.0853. The van der Waals surface area contributed by atoms with E-state index in [-0.39, 0.29) is 6.04 Å². The van der Waals surface area contributed by atoms with E-state index in [0.29, 0.717) is 11.6 Å². The highest BCUT2D eigenvalue weighted by molar-refractivity contribution is 9.10. The zero-order chi connectivity index (χ0) is 14.2. The zero-order valence-corrected chi connectivity index (χ0v) is 13.6. The molecule has 0 aliphatic heterocycles.